The van der Waals surface area contributed by atoms with Crippen LogP contribution in [0.25, 0.3) is 0 Å². The van der Waals surface area contributed by atoms with E-state index >= 15 is 0 Å². The van der Waals surface area contributed by atoms with E-state index in [0.29, 0.717) is 6.73 Å². The first-order valence-corrected chi connectivity index (χ1v) is 2.94. The predicted octanol–water partition coefficient (Wildman–Crippen LogP) is 0.492. The normalized spacial score (nSPS) is 9.30. The zero-order valence-corrected chi connectivity index (χ0v) is 5.74. The van der Waals surface area contributed by atoms with E-state index in [4.69, 9.17) is 4.74 Å². The maximum atomic E-state index is 4.77. The molecule has 0 spiro atoms. The molecule has 1 rings (SSSR count). The summed E-state index contributed by atoms with van der Waals surface area (Å²) in [5, 5.41) is 10.3. The van der Waals surface area contributed by atoms with Crippen molar-refractivity contribution >= 4 is 5.82 Å². The fraction of sp³-hybridized carbons (Fsp3) is 0.333. The van der Waals surface area contributed by atoms with Crippen molar-refractivity contribution in [3.8, 4) is 0 Å². The lowest BCUT2D eigenvalue weighted by Crippen LogP contribution is -2.04. The van der Waals surface area contributed by atoms with Gasteiger partial charge in [-0.05, 0) is 12.1 Å². The summed E-state index contributed by atoms with van der Waals surface area (Å²) in [6, 6.07) is 3.64. The molecule has 10 heavy (non-hydrogen) atoms. The molecule has 0 fully saturated rings. The fourth-order valence-corrected chi connectivity index (χ4v) is 0.542. The molecule has 4 nitrogen and oxygen atoms in total. The van der Waals surface area contributed by atoms with Gasteiger partial charge >= 0.3 is 0 Å². The van der Waals surface area contributed by atoms with Gasteiger partial charge in [-0.2, -0.15) is 5.10 Å². The third kappa shape index (κ3) is 1.99. The summed E-state index contributed by atoms with van der Waals surface area (Å²) in [6.07, 6.45) is 1.62. The highest BCUT2D eigenvalue weighted by molar-refractivity contribution is 5.30. The number of anilines is 1. The van der Waals surface area contributed by atoms with E-state index in [1.807, 2.05) is 12.1 Å². The van der Waals surface area contributed by atoms with Gasteiger partial charge < -0.3 is 10.1 Å². The molecule has 0 saturated carbocycles. The monoisotopic (exact) mass is 139 g/mol. The highest BCUT2D eigenvalue weighted by atomic mass is 16.5. The minimum Gasteiger partial charge on any atom is -0.365 e. The predicted molar refractivity (Wildman–Crippen MR) is 37.5 cm³/mol. The smallest absolute Gasteiger partial charge is 0.150 e. The third-order valence-corrected chi connectivity index (χ3v) is 0.970. The van der Waals surface area contributed by atoms with Crippen molar-refractivity contribution in [3.05, 3.63) is 18.3 Å². The van der Waals surface area contributed by atoms with Crippen molar-refractivity contribution in [3.63, 3.8) is 0 Å². The van der Waals surface area contributed by atoms with Crippen molar-refractivity contribution in [2.45, 2.75) is 0 Å². The topological polar surface area (TPSA) is 47.0 Å². The molecule has 1 heterocycles. The van der Waals surface area contributed by atoms with Gasteiger partial charge in [-0.25, -0.2) is 0 Å². The molecule has 0 saturated heterocycles. The van der Waals surface area contributed by atoms with Crippen molar-refractivity contribution in [2.24, 2.45) is 0 Å². The second-order valence-corrected chi connectivity index (χ2v) is 1.72. The van der Waals surface area contributed by atoms with E-state index in [9.17, 15) is 0 Å². The Morgan fingerprint density at radius 1 is 1.70 bits per heavy atom. The highest BCUT2D eigenvalue weighted by Crippen LogP contribution is 1.95. The lowest BCUT2D eigenvalue weighted by Gasteiger charge is -2.00. The number of aromatic nitrogens is 2. The molecule has 1 N–H and O–H groups in total. The Morgan fingerprint density at radius 3 is 3.20 bits per heavy atom. The van der Waals surface area contributed by atoms with Gasteiger partial charge in [0.2, 0.25) is 0 Å². The molecule has 0 unspecified atom stereocenters. The summed E-state index contributed by atoms with van der Waals surface area (Å²) in [7, 11) is 1.61. The molecule has 1 aromatic rings. The average molecular weight is 139 g/mol. The molecule has 4 heteroatoms. The molecule has 0 amide bonds. The number of nitrogens with one attached hydrogen (secondary N) is 1. The van der Waals surface area contributed by atoms with Crippen LogP contribution in [0, 0.1) is 0 Å². The Balaban J connectivity index is 2.43. The number of ether oxygens (including phenoxy) is 1. The summed E-state index contributed by atoms with van der Waals surface area (Å²) < 4.78 is 4.77. The first kappa shape index (κ1) is 6.95. The van der Waals surface area contributed by atoms with Crippen LogP contribution in [-0.2, 0) is 4.74 Å². The quantitative estimate of drug-likeness (QED) is 0.619. The minimum absolute atomic E-state index is 0.457. The van der Waals surface area contributed by atoms with E-state index in [1.54, 1.807) is 13.3 Å². The van der Waals surface area contributed by atoms with Gasteiger partial charge in [0.1, 0.15) is 12.5 Å². The number of hydrogen-bond donors (Lipinski definition) is 1. The molecule has 0 aliphatic carbocycles. The number of methoxy groups -OCH3 is 1. The maximum Gasteiger partial charge on any atom is 0.150 e. The van der Waals surface area contributed by atoms with E-state index in [-0.39, 0.29) is 0 Å². The molecule has 1 aromatic heterocycles. The second kappa shape index (κ2) is 3.79. The minimum atomic E-state index is 0.457. The van der Waals surface area contributed by atoms with E-state index in [1.165, 1.54) is 0 Å². The first-order valence-electron chi connectivity index (χ1n) is 2.94. The molecule has 0 bridgehead atoms. The first-order chi connectivity index (χ1) is 4.93. The fourth-order valence-electron chi connectivity index (χ4n) is 0.542. The molecule has 0 atom stereocenters. The summed E-state index contributed by atoms with van der Waals surface area (Å²) in [6.45, 7) is 0.457. The SMILES string of the molecule is COCNc1cccnn1. The van der Waals surface area contributed by atoms with Crippen LogP contribution < -0.4 is 5.32 Å². The van der Waals surface area contributed by atoms with E-state index < -0.39 is 0 Å². The van der Waals surface area contributed by atoms with Crippen LogP contribution in [0.2, 0.25) is 0 Å². The van der Waals surface area contributed by atoms with Crippen molar-refractivity contribution in [1.82, 2.24) is 10.2 Å². The van der Waals surface area contributed by atoms with Crippen molar-refractivity contribution < 1.29 is 4.74 Å². The maximum absolute atomic E-state index is 4.77. The number of nitrogens with zero attached hydrogens (tertiary/aromatic N) is 2. The zero-order valence-electron chi connectivity index (χ0n) is 5.74. The van der Waals surface area contributed by atoms with Crippen LogP contribution >= 0.6 is 0 Å². The highest BCUT2D eigenvalue weighted by Gasteiger charge is 1.87. The van der Waals surface area contributed by atoms with Gasteiger partial charge in [0.15, 0.2) is 0 Å². The number of rotatable bonds is 3. The third-order valence-electron chi connectivity index (χ3n) is 0.970. The molecule has 0 radical (unpaired) electrons. The van der Waals surface area contributed by atoms with Crippen LogP contribution in [-0.4, -0.2) is 24.0 Å². The van der Waals surface area contributed by atoms with Gasteiger partial charge in [0.05, 0.1) is 0 Å². The summed E-state index contributed by atoms with van der Waals surface area (Å²) >= 11 is 0. The Hall–Kier alpha value is -1.16. The second-order valence-electron chi connectivity index (χ2n) is 1.72. The summed E-state index contributed by atoms with van der Waals surface area (Å²) in [4.78, 5) is 0. The summed E-state index contributed by atoms with van der Waals surface area (Å²) in [5.74, 6) is 0.726. The molecular formula is C6H9N3O. The number of hydrogen-bond acceptors (Lipinski definition) is 4. The molecule has 0 aromatic carbocycles. The Labute approximate surface area is 59.2 Å². The molecule has 0 aliphatic heterocycles. The van der Waals surface area contributed by atoms with Crippen LogP contribution in [0.3, 0.4) is 0 Å². The van der Waals surface area contributed by atoms with Crippen molar-refractivity contribution in [2.75, 3.05) is 19.2 Å². The molecule has 0 aliphatic rings. The summed E-state index contributed by atoms with van der Waals surface area (Å²) in [5.41, 5.74) is 0. The van der Waals surface area contributed by atoms with Gasteiger partial charge in [0.25, 0.3) is 0 Å². The van der Waals surface area contributed by atoms with Gasteiger partial charge in [-0.15, -0.1) is 5.10 Å². The standard InChI is InChI=1S/C6H9N3O/c1-10-5-7-6-3-2-4-8-9-6/h2-4H,5H2,1H3,(H,7,9). The lowest BCUT2D eigenvalue weighted by molar-refractivity contribution is 0.221. The van der Waals surface area contributed by atoms with Gasteiger partial charge in [0, 0.05) is 13.3 Å². The van der Waals surface area contributed by atoms with Gasteiger partial charge in [-0.1, -0.05) is 0 Å². The van der Waals surface area contributed by atoms with Gasteiger partial charge in [-0.3, -0.25) is 0 Å². The van der Waals surface area contributed by atoms with Crippen LogP contribution in [0.15, 0.2) is 18.3 Å². The lowest BCUT2D eigenvalue weighted by atomic mass is 10.5. The Bertz CT molecular complexity index is 178. The van der Waals surface area contributed by atoms with E-state index in [2.05, 4.69) is 15.5 Å². The average Bonchev–Trinajstić information content (AvgIpc) is 2.03. The molecular weight excluding hydrogens is 130 g/mol. The van der Waals surface area contributed by atoms with Crippen LogP contribution in [0.5, 0.6) is 0 Å². The zero-order chi connectivity index (χ0) is 7.23. The Morgan fingerprint density at radius 2 is 2.60 bits per heavy atom. The largest absolute Gasteiger partial charge is 0.365 e. The van der Waals surface area contributed by atoms with E-state index in [0.717, 1.165) is 5.82 Å². The molecule has 54 valence electrons. The van der Waals surface area contributed by atoms with Crippen molar-refractivity contribution in [1.29, 1.82) is 0 Å². The van der Waals surface area contributed by atoms with Crippen LogP contribution in [0.1, 0.15) is 0 Å². The van der Waals surface area contributed by atoms with Crippen LogP contribution in [0.4, 0.5) is 5.82 Å². The Kier molecular flexibility index (Phi) is 2.63.